The number of piperazine rings is 1. The van der Waals surface area contributed by atoms with Crippen molar-refractivity contribution in [2.75, 3.05) is 19.6 Å². The molecule has 1 heterocycles. The Hall–Kier alpha value is -0.570. The zero-order valence-corrected chi connectivity index (χ0v) is 9.83. The van der Waals surface area contributed by atoms with Gasteiger partial charge in [-0.1, -0.05) is 13.8 Å². The van der Waals surface area contributed by atoms with Crippen molar-refractivity contribution in [3.8, 4) is 0 Å². The van der Waals surface area contributed by atoms with E-state index < -0.39 is 0 Å². The summed E-state index contributed by atoms with van der Waals surface area (Å²) in [6.45, 7) is 7.04. The fourth-order valence-corrected chi connectivity index (χ4v) is 3.08. The third kappa shape index (κ3) is 2.33. The van der Waals surface area contributed by atoms with E-state index in [1.807, 2.05) is 0 Å². The molecule has 1 saturated carbocycles. The van der Waals surface area contributed by atoms with Gasteiger partial charge in [-0.2, -0.15) is 0 Å². The summed E-state index contributed by atoms with van der Waals surface area (Å²) < 4.78 is 0. The van der Waals surface area contributed by atoms with Crippen molar-refractivity contribution in [3.05, 3.63) is 0 Å². The van der Waals surface area contributed by atoms with Crippen LogP contribution in [0, 0.1) is 11.8 Å². The Morgan fingerprint density at radius 3 is 2.80 bits per heavy atom. The first-order valence-electron chi connectivity index (χ1n) is 6.18. The van der Waals surface area contributed by atoms with Crippen LogP contribution in [-0.4, -0.2) is 36.5 Å². The fourth-order valence-electron chi connectivity index (χ4n) is 3.08. The Labute approximate surface area is 92.2 Å². The summed E-state index contributed by atoms with van der Waals surface area (Å²) in [5, 5.41) is 3.14. The molecule has 1 aliphatic heterocycles. The SMILES string of the molecule is CC1CCC(N2CCNCC2=O)C(C)C1. The van der Waals surface area contributed by atoms with Crippen LogP contribution in [0.5, 0.6) is 0 Å². The highest BCUT2D eigenvalue weighted by molar-refractivity contribution is 5.79. The van der Waals surface area contributed by atoms with Gasteiger partial charge in [0.25, 0.3) is 0 Å². The molecular weight excluding hydrogens is 188 g/mol. The molecule has 1 aliphatic carbocycles. The van der Waals surface area contributed by atoms with Crippen molar-refractivity contribution >= 4 is 5.91 Å². The number of hydrogen-bond donors (Lipinski definition) is 1. The lowest BCUT2D eigenvalue weighted by Crippen LogP contribution is -2.55. The van der Waals surface area contributed by atoms with Crippen LogP contribution in [0.3, 0.4) is 0 Å². The maximum atomic E-state index is 11.8. The van der Waals surface area contributed by atoms with E-state index >= 15 is 0 Å². The molecule has 1 saturated heterocycles. The average Bonchev–Trinajstić information content (AvgIpc) is 2.20. The van der Waals surface area contributed by atoms with Crippen molar-refractivity contribution in [1.29, 1.82) is 0 Å². The first-order valence-corrected chi connectivity index (χ1v) is 6.18. The average molecular weight is 210 g/mol. The highest BCUT2D eigenvalue weighted by atomic mass is 16.2. The molecule has 3 heteroatoms. The highest BCUT2D eigenvalue weighted by Gasteiger charge is 2.33. The second-order valence-corrected chi connectivity index (χ2v) is 5.23. The van der Waals surface area contributed by atoms with Crippen molar-refractivity contribution < 1.29 is 4.79 Å². The summed E-state index contributed by atoms with van der Waals surface area (Å²) >= 11 is 0. The van der Waals surface area contributed by atoms with Crippen LogP contribution in [-0.2, 0) is 4.79 Å². The molecule has 86 valence electrons. The van der Waals surface area contributed by atoms with Crippen LogP contribution in [0.4, 0.5) is 0 Å². The number of amides is 1. The minimum atomic E-state index is 0.299. The third-order valence-electron chi connectivity index (χ3n) is 3.91. The van der Waals surface area contributed by atoms with Crippen LogP contribution < -0.4 is 5.32 Å². The molecule has 1 N–H and O–H groups in total. The molecule has 3 atom stereocenters. The van der Waals surface area contributed by atoms with Gasteiger partial charge in [-0.15, -0.1) is 0 Å². The Morgan fingerprint density at radius 2 is 2.13 bits per heavy atom. The van der Waals surface area contributed by atoms with Crippen LogP contribution in [0.15, 0.2) is 0 Å². The van der Waals surface area contributed by atoms with Gasteiger partial charge in [-0.3, -0.25) is 4.79 Å². The molecule has 0 bridgehead atoms. The third-order valence-corrected chi connectivity index (χ3v) is 3.91. The van der Waals surface area contributed by atoms with E-state index in [-0.39, 0.29) is 0 Å². The Bertz CT molecular complexity index is 242. The van der Waals surface area contributed by atoms with Crippen molar-refractivity contribution in [2.45, 2.75) is 39.2 Å². The molecular formula is C12H22N2O. The van der Waals surface area contributed by atoms with Gasteiger partial charge in [0.2, 0.25) is 5.91 Å². The van der Waals surface area contributed by atoms with Crippen molar-refractivity contribution in [1.82, 2.24) is 10.2 Å². The summed E-state index contributed by atoms with van der Waals surface area (Å²) in [5.41, 5.74) is 0. The lowest BCUT2D eigenvalue weighted by molar-refractivity contribution is -0.136. The summed E-state index contributed by atoms with van der Waals surface area (Å²) in [7, 11) is 0. The number of carbonyl (C=O) groups excluding carboxylic acids is 1. The van der Waals surface area contributed by atoms with Gasteiger partial charge in [0.05, 0.1) is 6.54 Å². The first kappa shape index (κ1) is 10.9. The van der Waals surface area contributed by atoms with E-state index in [1.54, 1.807) is 0 Å². The molecule has 0 aromatic carbocycles. The van der Waals surface area contributed by atoms with Crippen LogP contribution in [0.1, 0.15) is 33.1 Å². The summed E-state index contributed by atoms with van der Waals surface area (Å²) in [4.78, 5) is 13.9. The van der Waals surface area contributed by atoms with Gasteiger partial charge in [-0.25, -0.2) is 0 Å². The van der Waals surface area contributed by atoms with Gasteiger partial charge in [0.15, 0.2) is 0 Å². The largest absolute Gasteiger partial charge is 0.337 e. The topological polar surface area (TPSA) is 32.3 Å². The number of rotatable bonds is 1. The predicted molar refractivity (Wildman–Crippen MR) is 60.5 cm³/mol. The van der Waals surface area contributed by atoms with Gasteiger partial charge < -0.3 is 10.2 Å². The Kier molecular flexibility index (Phi) is 3.29. The standard InChI is InChI=1S/C12H22N2O/c1-9-3-4-11(10(2)7-9)14-6-5-13-8-12(14)15/h9-11,13H,3-8H2,1-2H3. The molecule has 1 amide bonds. The minimum absolute atomic E-state index is 0.299. The fraction of sp³-hybridized carbons (Fsp3) is 0.917. The van der Waals surface area contributed by atoms with E-state index in [4.69, 9.17) is 0 Å². The van der Waals surface area contributed by atoms with Crippen LogP contribution in [0.2, 0.25) is 0 Å². The zero-order chi connectivity index (χ0) is 10.8. The molecule has 0 aromatic heterocycles. The molecule has 2 aliphatic rings. The lowest BCUT2D eigenvalue weighted by atomic mass is 9.79. The van der Waals surface area contributed by atoms with Gasteiger partial charge in [0.1, 0.15) is 0 Å². The number of nitrogens with zero attached hydrogens (tertiary/aromatic N) is 1. The Morgan fingerprint density at radius 1 is 1.33 bits per heavy atom. The molecule has 3 nitrogen and oxygen atoms in total. The van der Waals surface area contributed by atoms with E-state index in [0.717, 1.165) is 19.0 Å². The highest BCUT2D eigenvalue weighted by Crippen LogP contribution is 2.32. The second-order valence-electron chi connectivity index (χ2n) is 5.23. The number of carbonyl (C=O) groups is 1. The van der Waals surface area contributed by atoms with Gasteiger partial charge in [-0.05, 0) is 31.1 Å². The van der Waals surface area contributed by atoms with E-state index in [1.165, 1.54) is 19.3 Å². The normalized spacial score (nSPS) is 38.1. The van der Waals surface area contributed by atoms with E-state index in [9.17, 15) is 4.79 Å². The van der Waals surface area contributed by atoms with Crippen molar-refractivity contribution in [2.24, 2.45) is 11.8 Å². The van der Waals surface area contributed by atoms with Crippen LogP contribution >= 0.6 is 0 Å². The van der Waals surface area contributed by atoms with Gasteiger partial charge >= 0.3 is 0 Å². The molecule has 2 rings (SSSR count). The van der Waals surface area contributed by atoms with Crippen molar-refractivity contribution in [3.63, 3.8) is 0 Å². The smallest absolute Gasteiger partial charge is 0.236 e. The molecule has 0 spiro atoms. The predicted octanol–water partition coefficient (Wildman–Crippen LogP) is 1.24. The molecule has 0 radical (unpaired) electrons. The minimum Gasteiger partial charge on any atom is -0.337 e. The molecule has 2 fully saturated rings. The quantitative estimate of drug-likeness (QED) is 0.706. The molecule has 3 unspecified atom stereocenters. The van der Waals surface area contributed by atoms with Gasteiger partial charge in [0, 0.05) is 19.1 Å². The monoisotopic (exact) mass is 210 g/mol. The second kappa shape index (κ2) is 4.52. The number of hydrogen-bond acceptors (Lipinski definition) is 2. The summed E-state index contributed by atoms with van der Waals surface area (Å²) in [6.07, 6.45) is 3.77. The maximum absolute atomic E-state index is 11.8. The molecule has 0 aromatic rings. The van der Waals surface area contributed by atoms with E-state index in [2.05, 4.69) is 24.1 Å². The lowest BCUT2D eigenvalue weighted by Gasteiger charge is -2.42. The Balaban J connectivity index is 1.99. The van der Waals surface area contributed by atoms with Crippen LogP contribution in [0.25, 0.3) is 0 Å². The first-order chi connectivity index (χ1) is 7.18. The summed E-state index contributed by atoms with van der Waals surface area (Å²) in [5.74, 6) is 1.82. The number of nitrogens with one attached hydrogen (secondary N) is 1. The maximum Gasteiger partial charge on any atom is 0.236 e. The zero-order valence-electron chi connectivity index (χ0n) is 9.83. The summed E-state index contributed by atoms with van der Waals surface area (Å²) in [6, 6.07) is 0.510. The van der Waals surface area contributed by atoms with E-state index in [0.29, 0.717) is 24.4 Å². The molecule has 15 heavy (non-hydrogen) atoms.